The summed E-state index contributed by atoms with van der Waals surface area (Å²) in [6, 6.07) is 10.3. The Morgan fingerprint density at radius 3 is 2.83 bits per heavy atom. The van der Waals surface area contributed by atoms with Gasteiger partial charge in [0, 0.05) is 12.6 Å². The molecule has 0 radical (unpaired) electrons. The monoisotopic (exact) mass is 344 g/mol. The van der Waals surface area contributed by atoms with Gasteiger partial charge >= 0.3 is 0 Å². The number of benzene rings is 1. The van der Waals surface area contributed by atoms with Crippen LogP contribution in [0.3, 0.4) is 0 Å². The molecular formula is C18H24N4OS. The summed E-state index contributed by atoms with van der Waals surface area (Å²) in [5, 5.41) is 11.9. The van der Waals surface area contributed by atoms with Crippen molar-refractivity contribution in [2.75, 3.05) is 0 Å². The van der Waals surface area contributed by atoms with Crippen molar-refractivity contribution in [3.8, 4) is 0 Å². The van der Waals surface area contributed by atoms with E-state index >= 15 is 0 Å². The van der Waals surface area contributed by atoms with Crippen LogP contribution in [-0.4, -0.2) is 26.7 Å². The lowest BCUT2D eigenvalue weighted by Crippen LogP contribution is -2.29. The van der Waals surface area contributed by atoms with E-state index in [1.807, 2.05) is 30.3 Å². The highest BCUT2D eigenvalue weighted by atomic mass is 32.2. The molecule has 1 fully saturated rings. The lowest BCUT2D eigenvalue weighted by atomic mass is 10.1. The molecule has 1 N–H and O–H groups in total. The zero-order chi connectivity index (χ0) is 16.8. The molecular weight excluding hydrogens is 320 g/mol. The van der Waals surface area contributed by atoms with Crippen LogP contribution in [0.4, 0.5) is 0 Å². The zero-order valence-electron chi connectivity index (χ0n) is 14.0. The second-order valence-corrected chi connectivity index (χ2v) is 7.28. The van der Waals surface area contributed by atoms with E-state index in [0.29, 0.717) is 6.04 Å². The summed E-state index contributed by atoms with van der Waals surface area (Å²) >= 11 is 1.49. The molecule has 1 amide bonds. The molecule has 1 aliphatic carbocycles. The molecule has 1 aliphatic rings. The molecule has 128 valence electrons. The Bertz CT molecular complexity index is 654. The number of aryl methyl sites for hydroxylation is 1. The lowest BCUT2D eigenvalue weighted by molar-refractivity contribution is -0.120. The Morgan fingerprint density at radius 1 is 1.33 bits per heavy atom. The fraction of sp³-hybridized carbons (Fsp3) is 0.500. The largest absolute Gasteiger partial charge is 0.352 e. The highest BCUT2D eigenvalue weighted by Crippen LogP contribution is 2.35. The van der Waals surface area contributed by atoms with Gasteiger partial charge in [0.05, 0.1) is 0 Å². The van der Waals surface area contributed by atoms with Crippen LogP contribution in [0.1, 0.15) is 49.8 Å². The number of hydrogen-bond donors (Lipinski definition) is 1. The second kappa shape index (κ2) is 8.33. The van der Waals surface area contributed by atoms with Crippen molar-refractivity contribution >= 4 is 17.7 Å². The van der Waals surface area contributed by atoms with Crippen LogP contribution >= 0.6 is 11.8 Å². The molecule has 1 saturated carbocycles. The average Bonchev–Trinajstić information content (AvgIpc) is 3.30. The van der Waals surface area contributed by atoms with Crippen LogP contribution in [0.5, 0.6) is 0 Å². The maximum absolute atomic E-state index is 12.7. The van der Waals surface area contributed by atoms with E-state index in [9.17, 15) is 4.79 Å². The highest BCUT2D eigenvalue weighted by molar-refractivity contribution is 8.00. The highest BCUT2D eigenvalue weighted by Gasteiger charge is 2.30. The van der Waals surface area contributed by atoms with Gasteiger partial charge in [-0.3, -0.25) is 4.79 Å². The van der Waals surface area contributed by atoms with Gasteiger partial charge in [-0.2, -0.15) is 0 Å². The molecule has 5 nitrogen and oxygen atoms in total. The Hall–Kier alpha value is -1.82. The zero-order valence-corrected chi connectivity index (χ0v) is 14.8. The molecule has 1 aromatic heterocycles. The molecule has 6 heteroatoms. The predicted molar refractivity (Wildman–Crippen MR) is 95.8 cm³/mol. The average molecular weight is 344 g/mol. The van der Waals surface area contributed by atoms with E-state index in [0.717, 1.165) is 36.5 Å². The van der Waals surface area contributed by atoms with Crippen molar-refractivity contribution in [3.05, 3.63) is 42.2 Å². The third-order valence-electron chi connectivity index (χ3n) is 4.07. The van der Waals surface area contributed by atoms with Gasteiger partial charge in [0.2, 0.25) is 5.91 Å². The Kier molecular flexibility index (Phi) is 5.91. The molecule has 0 saturated heterocycles. The number of rotatable bonds is 9. The standard InChI is InChI=1S/C18H24N4OS/c1-2-3-7-12-22-13-19-21-18(22)24-16(14-8-5-4-6-9-14)17(23)20-15-10-11-15/h4-6,8-9,13,15-16H,2-3,7,10-12H2,1H3,(H,20,23). The van der Waals surface area contributed by atoms with E-state index in [-0.39, 0.29) is 11.2 Å². The maximum Gasteiger partial charge on any atom is 0.238 e. The van der Waals surface area contributed by atoms with Crippen LogP contribution in [-0.2, 0) is 11.3 Å². The molecule has 0 bridgehead atoms. The van der Waals surface area contributed by atoms with Gasteiger partial charge in [-0.1, -0.05) is 61.9 Å². The second-order valence-electron chi connectivity index (χ2n) is 6.21. The Labute approximate surface area is 147 Å². The number of nitrogens with zero attached hydrogens (tertiary/aromatic N) is 3. The van der Waals surface area contributed by atoms with Gasteiger partial charge in [0.25, 0.3) is 0 Å². The Balaban J connectivity index is 1.74. The quantitative estimate of drug-likeness (QED) is 0.558. The van der Waals surface area contributed by atoms with Crippen LogP contribution < -0.4 is 5.32 Å². The van der Waals surface area contributed by atoms with Crippen LogP contribution in [0.15, 0.2) is 41.8 Å². The molecule has 1 unspecified atom stereocenters. The molecule has 1 aromatic carbocycles. The van der Waals surface area contributed by atoms with Gasteiger partial charge in [-0.05, 0) is 24.8 Å². The van der Waals surface area contributed by atoms with Crippen LogP contribution in [0.2, 0.25) is 0 Å². The fourth-order valence-electron chi connectivity index (χ4n) is 2.53. The van der Waals surface area contributed by atoms with Gasteiger partial charge in [-0.25, -0.2) is 0 Å². The molecule has 0 aliphatic heterocycles. The van der Waals surface area contributed by atoms with E-state index in [2.05, 4.69) is 27.0 Å². The Morgan fingerprint density at radius 2 is 2.12 bits per heavy atom. The molecule has 3 rings (SSSR count). The van der Waals surface area contributed by atoms with E-state index in [1.54, 1.807) is 6.33 Å². The van der Waals surface area contributed by atoms with Crippen molar-refractivity contribution in [2.45, 2.75) is 62.0 Å². The first-order valence-corrected chi connectivity index (χ1v) is 9.55. The van der Waals surface area contributed by atoms with Crippen molar-refractivity contribution in [3.63, 3.8) is 0 Å². The van der Waals surface area contributed by atoms with Gasteiger partial charge in [0.15, 0.2) is 5.16 Å². The predicted octanol–water partition coefficient (Wildman–Crippen LogP) is 3.58. The number of thioether (sulfide) groups is 1. The number of amides is 1. The summed E-state index contributed by atoms with van der Waals surface area (Å²) in [4.78, 5) is 12.7. The SMILES string of the molecule is CCCCCn1cnnc1SC(C(=O)NC1CC1)c1ccccc1. The van der Waals surface area contributed by atoms with Gasteiger partial charge < -0.3 is 9.88 Å². The lowest BCUT2D eigenvalue weighted by Gasteiger charge is -2.16. The van der Waals surface area contributed by atoms with Crippen molar-refractivity contribution in [1.29, 1.82) is 0 Å². The molecule has 2 aromatic rings. The van der Waals surface area contributed by atoms with Crippen molar-refractivity contribution in [1.82, 2.24) is 20.1 Å². The summed E-state index contributed by atoms with van der Waals surface area (Å²) in [7, 11) is 0. The summed E-state index contributed by atoms with van der Waals surface area (Å²) < 4.78 is 2.06. The molecule has 0 spiro atoms. The first-order chi connectivity index (χ1) is 11.8. The number of nitrogens with one attached hydrogen (secondary N) is 1. The number of aromatic nitrogens is 3. The molecule has 1 heterocycles. The van der Waals surface area contributed by atoms with E-state index < -0.39 is 0 Å². The molecule has 24 heavy (non-hydrogen) atoms. The smallest absolute Gasteiger partial charge is 0.238 e. The van der Waals surface area contributed by atoms with Crippen LogP contribution in [0.25, 0.3) is 0 Å². The minimum absolute atomic E-state index is 0.0665. The first-order valence-electron chi connectivity index (χ1n) is 8.67. The topological polar surface area (TPSA) is 59.8 Å². The summed E-state index contributed by atoms with van der Waals surface area (Å²) in [5.41, 5.74) is 1.00. The van der Waals surface area contributed by atoms with Crippen molar-refractivity contribution < 1.29 is 4.79 Å². The normalized spacial score (nSPS) is 15.2. The summed E-state index contributed by atoms with van der Waals surface area (Å²) in [6.45, 7) is 3.09. The minimum atomic E-state index is -0.291. The molecule has 1 atom stereocenters. The third-order valence-corrected chi connectivity index (χ3v) is 5.32. The number of carbonyl (C=O) groups excluding carboxylic acids is 1. The van der Waals surface area contributed by atoms with Crippen LogP contribution in [0, 0.1) is 0 Å². The third kappa shape index (κ3) is 4.60. The van der Waals surface area contributed by atoms with Crippen molar-refractivity contribution in [2.24, 2.45) is 0 Å². The fourth-order valence-corrected chi connectivity index (χ4v) is 3.58. The number of hydrogen-bond acceptors (Lipinski definition) is 4. The summed E-state index contributed by atoms with van der Waals surface area (Å²) in [6.07, 6.45) is 7.41. The number of unbranched alkanes of at least 4 members (excludes halogenated alkanes) is 2. The van der Waals surface area contributed by atoms with E-state index in [1.165, 1.54) is 24.6 Å². The van der Waals surface area contributed by atoms with Gasteiger partial charge in [-0.15, -0.1) is 10.2 Å². The van der Waals surface area contributed by atoms with Gasteiger partial charge in [0.1, 0.15) is 11.6 Å². The minimum Gasteiger partial charge on any atom is -0.352 e. The van der Waals surface area contributed by atoms with E-state index in [4.69, 9.17) is 0 Å². The maximum atomic E-state index is 12.7. The number of carbonyl (C=O) groups is 1. The first kappa shape index (κ1) is 17.0. The summed E-state index contributed by atoms with van der Waals surface area (Å²) in [5.74, 6) is 0.0665.